The number of carbonyl (C=O) groups is 3. The molecule has 0 radical (unpaired) electrons. The van der Waals surface area contributed by atoms with Crippen LogP contribution in [-0.4, -0.2) is 78.4 Å². The average molecular weight is 572 g/mol. The second kappa shape index (κ2) is 15.1. The molecule has 2 aromatic carbocycles. The van der Waals surface area contributed by atoms with Crippen LogP contribution in [0.25, 0.3) is 11.1 Å². The van der Waals surface area contributed by atoms with Gasteiger partial charge in [-0.2, -0.15) is 0 Å². The van der Waals surface area contributed by atoms with Crippen LogP contribution in [0.15, 0.2) is 73.1 Å². The fraction of sp³-hybridized carbons (Fsp3) is 0.394. The molecule has 2 heterocycles. The summed E-state index contributed by atoms with van der Waals surface area (Å²) in [5.74, 6) is 0.0245. The molecule has 1 aromatic heterocycles. The molecule has 42 heavy (non-hydrogen) atoms. The molecule has 0 aliphatic carbocycles. The molecular weight excluding hydrogens is 530 g/mol. The predicted octanol–water partition coefficient (Wildman–Crippen LogP) is 3.43. The molecule has 0 unspecified atom stereocenters. The zero-order valence-corrected chi connectivity index (χ0v) is 24.7. The van der Waals surface area contributed by atoms with Crippen LogP contribution < -0.4 is 15.4 Å². The van der Waals surface area contributed by atoms with Gasteiger partial charge in [0, 0.05) is 51.9 Å². The number of rotatable bonds is 6. The van der Waals surface area contributed by atoms with E-state index in [2.05, 4.69) is 44.8 Å². The maximum absolute atomic E-state index is 13.5. The molecule has 0 bridgehead atoms. The monoisotopic (exact) mass is 571 g/mol. The highest BCUT2D eigenvalue weighted by Gasteiger charge is 2.30. The molecule has 2 N–H and O–H groups in total. The second-order valence-corrected chi connectivity index (χ2v) is 10.8. The van der Waals surface area contributed by atoms with Gasteiger partial charge in [-0.15, -0.1) is 0 Å². The lowest BCUT2D eigenvalue weighted by Crippen LogP contribution is -2.54. The SMILES string of the molecule is COc1ccc(C[C@@H]2NC(=O)CCCN(Cc3ccc(-c4cccnc4)cc3)CCCNC(=O)[C@H](C)N(C)C2=O)cc1. The lowest BCUT2D eigenvalue weighted by molar-refractivity contribution is -0.141. The Morgan fingerprint density at radius 3 is 2.33 bits per heavy atom. The van der Waals surface area contributed by atoms with E-state index in [0.29, 0.717) is 31.6 Å². The van der Waals surface area contributed by atoms with E-state index >= 15 is 0 Å². The van der Waals surface area contributed by atoms with Crippen molar-refractivity contribution in [3.8, 4) is 16.9 Å². The van der Waals surface area contributed by atoms with E-state index in [0.717, 1.165) is 42.7 Å². The van der Waals surface area contributed by atoms with Crippen molar-refractivity contribution in [3.05, 3.63) is 84.2 Å². The number of methoxy groups -OCH3 is 1. The minimum atomic E-state index is -0.786. The highest BCUT2D eigenvalue weighted by molar-refractivity contribution is 5.92. The van der Waals surface area contributed by atoms with Crippen LogP contribution >= 0.6 is 0 Å². The Balaban J connectivity index is 1.44. The van der Waals surface area contributed by atoms with Gasteiger partial charge in [-0.05, 0) is 66.8 Å². The fourth-order valence-electron chi connectivity index (χ4n) is 5.07. The summed E-state index contributed by atoms with van der Waals surface area (Å²) in [6.45, 7) is 4.45. The van der Waals surface area contributed by atoms with Gasteiger partial charge in [-0.25, -0.2) is 0 Å². The first kappa shape index (κ1) is 30.7. The van der Waals surface area contributed by atoms with Crippen molar-refractivity contribution in [2.24, 2.45) is 0 Å². The van der Waals surface area contributed by atoms with E-state index in [4.69, 9.17) is 4.74 Å². The summed E-state index contributed by atoms with van der Waals surface area (Å²) < 4.78 is 5.24. The maximum atomic E-state index is 13.5. The number of likely N-dealkylation sites (N-methyl/N-ethyl adjacent to an activating group) is 1. The molecule has 2 atom stereocenters. The van der Waals surface area contributed by atoms with Crippen molar-refractivity contribution in [2.75, 3.05) is 33.8 Å². The molecular formula is C33H41N5O4. The number of aromatic nitrogens is 1. The number of nitrogens with zero attached hydrogens (tertiary/aromatic N) is 3. The van der Waals surface area contributed by atoms with Gasteiger partial charge < -0.3 is 20.3 Å². The van der Waals surface area contributed by atoms with Crippen molar-refractivity contribution < 1.29 is 19.1 Å². The minimum absolute atomic E-state index is 0.178. The Hall–Kier alpha value is -4.24. The van der Waals surface area contributed by atoms with Crippen LogP contribution in [0.1, 0.15) is 37.3 Å². The first-order valence-electron chi connectivity index (χ1n) is 14.5. The summed E-state index contributed by atoms with van der Waals surface area (Å²) in [6.07, 6.45) is 5.65. The largest absolute Gasteiger partial charge is 0.497 e. The number of carbonyl (C=O) groups excluding carboxylic acids is 3. The molecule has 3 amide bonds. The standard InChI is InChI=1S/C33H41N5O4/c1-24-32(40)35-18-6-20-38(23-26-9-13-27(14-10-26)28-7-4-17-34-22-28)19-5-8-31(39)36-30(33(41)37(24)2)21-25-11-15-29(42-3)16-12-25/h4,7,9-17,22,24,30H,5-6,8,18-21,23H2,1-3H3,(H,35,40)(H,36,39)/t24-,30-/m0/s1. The number of amides is 3. The molecule has 3 aromatic rings. The summed E-state index contributed by atoms with van der Waals surface area (Å²) in [6, 6.07) is 18.4. The minimum Gasteiger partial charge on any atom is -0.497 e. The maximum Gasteiger partial charge on any atom is 0.245 e. The first-order valence-corrected chi connectivity index (χ1v) is 14.5. The summed E-state index contributed by atoms with van der Waals surface area (Å²) in [5.41, 5.74) is 4.25. The molecule has 4 rings (SSSR count). The fourth-order valence-corrected chi connectivity index (χ4v) is 5.07. The summed E-state index contributed by atoms with van der Waals surface area (Å²) in [5, 5.41) is 5.93. The highest BCUT2D eigenvalue weighted by atomic mass is 16.5. The van der Waals surface area contributed by atoms with Crippen LogP contribution in [0.3, 0.4) is 0 Å². The van der Waals surface area contributed by atoms with Gasteiger partial charge in [0.15, 0.2) is 0 Å². The average Bonchev–Trinajstić information content (AvgIpc) is 3.02. The van der Waals surface area contributed by atoms with E-state index in [1.165, 1.54) is 10.5 Å². The van der Waals surface area contributed by atoms with E-state index in [-0.39, 0.29) is 17.7 Å². The quantitative estimate of drug-likeness (QED) is 0.470. The third-order valence-electron chi connectivity index (χ3n) is 7.72. The smallest absolute Gasteiger partial charge is 0.245 e. The molecule has 9 heteroatoms. The summed E-state index contributed by atoms with van der Waals surface area (Å²) in [7, 11) is 3.21. The lowest BCUT2D eigenvalue weighted by Gasteiger charge is -2.29. The van der Waals surface area contributed by atoms with E-state index < -0.39 is 12.1 Å². The number of benzene rings is 2. The van der Waals surface area contributed by atoms with Crippen LogP contribution in [0, 0.1) is 0 Å². The molecule has 1 fully saturated rings. The Labute approximate surface area is 248 Å². The van der Waals surface area contributed by atoms with Crippen LogP contribution in [0.2, 0.25) is 0 Å². The van der Waals surface area contributed by atoms with Crippen molar-refractivity contribution in [1.82, 2.24) is 25.4 Å². The first-order chi connectivity index (χ1) is 20.3. The molecule has 1 saturated heterocycles. The Bertz CT molecular complexity index is 1310. The van der Waals surface area contributed by atoms with Crippen molar-refractivity contribution >= 4 is 17.7 Å². The highest BCUT2D eigenvalue weighted by Crippen LogP contribution is 2.19. The van der Waals surface area contributed by atoms with Gasteiger partial charge >= 0.3 is 0 Å². The topological polar surface area (TPSA) is 104 Å². The molecule has 9 nitrogen and oxygen atoms in total. The van der Waals surface area contributed by atoms with Gasteiger partial charge in [0.1, 0.15) is 17.8 Å². The predicted molar refractivity (Wildman–Crippen MR) is 163 cm³/mol. The van der Waals surface area contributed by atoms with E-state index in [1.54, 1.807) is 27.3 Å². The summed E-state index contributed by atoms with van der Waals surface area (Å²) >= 11 is 0. The molecule has 1 aliphatic heterocycles. The zero-order chi connectivity index (χ0) is 29.9. The number of hydrogen-bond acceptors (Lipinski definition) is 6. The Kier molecular flexibility index (Phi) is 11.1. The molecule has 0 spiro atoms. The van der Waals surface area contributed by atoms with Gasteiger partial charge in [-0.1, -0.05) is 42.5 Å². The van der Waals surface area contributed by atoms with Gasteiger partial charge in [-0.3, -0.25) is 24.3 Å². The number of hydrogen-bond donors (Lipinski definition) is 2. The summed E-state index contributed by atoms with van der Waals surface area (Å²) in [4.78, 5) is 47.4. The van der Waals surface area contributed by atoms with Crippen LogP contribution in [0.4, 0.5) is 0 Å². The number of ether oxygens (including phenoxy) is 1. The van der Waals surface area contributed by atoms with Crippen molar-refractivity contribution in [1.29, 1.82) is 0 Å². The van der Waals surface area contributed by atoms with E-state index in [9.17, 15) is 14.4 Å². The van der Waals surface area contributed by atoms with Gasteiger partial charge in [0.2, 0.25) is 17.7 Å². The van der Waals surface area contributed by atoms with Crippen molar-refractivity contribution in [2.45, 2.75) is 51.2 Å². The zero-order valence-electron chi connectivity index (χ0n) is 24.7. The van der Waals surface area contributed by atoms with E-state index in [1.807, 2.05) is 42.6 Å². The third kappa shape index (κ3) is 8.63. The second-order valence-electron chi connectivity index (χ2n) is 10.8. The Morgan fingerprint density at radius 1 is 0.929 bits per heavy atom. The van der Waals surface area contributed by atoms with Gasteiger partial charge in [0.05, 0.1) is 7.11 Å². The number of pyridine rings is 1. The molecule has 0 saturated carbocycles. The Morgan fingerprint density at radius 2 is 1.64 bits per heavy atom. The van der Waals surface area contributed by atoms with Crippen LogP contribution in [0.5, 0.6) is 5.75 Å². The lowest BCUT2D eigenvalue weighted by atomic mass is 10.0. The molecule has 1 aliphatic rings. The van der Waals surface area contributed by atoms with Crippen molar-refractivity contribution in [3.63, 3.8) is 0 Å². The van der Waals surface area contributed by atoms with Gasteiger partial charge in [0.25, 0.3) is 0 Å². The third-order valence-corrected chi connectivity index (χ3v) is 7.72. The molecule has 222 valence electrons. The van der Waals surface area contributed by atoms with Crippen LogP contribution in [-0.2, 0) is 27.3 Å². The number of nitrogens with one attached hydrogen (secondary N) is 2. The normalized spacial score (nSPS) is 19.8.